The predicted octanol–water partition coefficient (Wildman–Crippen LogP) is 0.646. The molecule has 0 radical (unpaired) electrons. The molecule has 2 rings (SSSR count). The molecule has 0 saturated carbocycles. The highest BCUT2D eigenvalue weighted by atomic mass is 16.2. The number of nitrogens with zero attached hydrogens (tertiary/aromatic N) is 1. The number of unbranched alkanes of at least 4 members (excludes halogenated alkanes) is 1. The van der Waals surface area contributed by atoms with Gasteiger partial charge in [-0.25, -0.2) is 5.01 Å². The smallest absolute Gasteiger partial charge is 0.236 e. The van der Waals surface area contributed by atoms with E-state index in [9.17, 15) is 4.79 Å². The number of amides is 1. The molecule has 0 bridgehead atoms. The van der Waals surface area contributed by atoms with Crippen LogP contribution in [-0.4, -0.2) is 36.1 Å². The average molecular weight is 211 g/mol. The van der Waals surface area contributed by atoms with Crippen LogP contribution in [0, 0.1) is 0 Å². The van der Waals surface area contributed by atoms with Gasteiger partial charge in [0.1, 0.15) is 0 Å². The molecule has 1 amide bonds. The molecule has 2 aliphatic heterocycles. The minimum Gasteiger partial charge on any atom is -0.317 e. The maximum atomic E-state index is 11.5. The second kappa shape index (κ2) is 4.49. The second-order valence-electron chi connectivity index (χ2n) is 4.69. The van der Waals surface area contributed by atoms with E-state index in [1.54, 1.807) is 0 Å². The van der Waals surface area contributed by atoms with Gasteiger partial charge in [-0.1, -0.05) is 13.3 Å². The Balaban J connectivity index is 2.02. The van der Waals surface area contributed by atoms with Gasteiger partial charge >= 0.3 is 0 Å². The molecule has 0 aromatic heterocycles. The van der Waals surface area contributed by atoms with Crippen molar-refractivity contribution < 1.29 is 4.79 Å². The number of nitrogens with one attached hydrogen (secondary N) is 2. The lowest BCUT2D eigenvalue weighted by Gasteiger charge is -2.40. The Morgan fingerprint density at radius 1 is 1.40 bits per heavy atom. The highest BCUT2D eigenvalue weighted by Crippen LogP contribution is 2.32. The Morgan fingerprint density at radius 3 is 2.80 bits per heavy atom. The van der Waals surface area contributed by atoms with Crippen molar-refractivity contribution in [1.82, 2.24) is 15.8 Å². The van der Waals surface area contributed by atoms with E-state index in [0.717, 1.165) is 38.9 Å². The quantitative estimate of drug-likeness (QED) is 0.720. The number of carbonyl (C=O) groups excluding carboxylic acids is 1. The van der Waals surface area contributed by atoms with Gasteiger partial charge in [0.05, 0.1) is 5.54 Å². The van der Waals surface area contributed by atoms with Crippen LogP contribution >= 0.6 is 0 Å². The molecule has 0 aromatic rings. The normalized spacial score (nSPS) is 25.8. The van der Waals surface area contributed by atoms with E-state index in [-0.39, 0.29) is 11.4 Å². The minimum absolute atomic E-state index is 0.123. The van der Waals surface area contributed by atoms with Crippen molar-refractivity contribution in [3.63, 3.8) is 0 Å². The third-order valence-corrected chi connectivity index (χ3v) is 3.59. The van der Waals surface area contributed by atoms with Gasteiger partial charge in [0.25, 0.3) is 0 Å². The highest BCUT2D eigenvalue weighted by molar-refractivity contribution is 5.79. The van der Waals surface area contributed by atoms with Gasteiger partial charge in [0, 0.05) is 13.0 Å². The lowest BCUT2D eigenvalue weighted by atomic mass is 9.85. The van der Waals surface area contributed by atoms with Gasteiger partial charge in [0.2, 0.25) is 5.91 Å². The summed E-state index contributed by atoms with van der Waals surface area (Å²) in [6.45, 7) is 5.27. The summed E-state index contributed by atoms with van der Waals surface area (Å²) < 4.78 is 0. The Kier molecular flexibility index (Phi) is 3.26. The van der Waals surface area contributed by atoms with Crippen LogP contribution in [-0.2, 0) is 4.79 Å². The zero-order valence-electron chi connectivity index (χ0n) is 9.51. The number of hydrazine groups is 1. The van der Waals surface area contributed by atoms with Gasteiger partial charge < -0.3 is 5.32 Å². The number of rotatable bonds is 3. The molecule has 2 saturated heterocycles. The second-order valence-corrected chi connectivity index (χ2v) is 4.69. The first kappa shape index (κ1) is 10.9. The molecule has 0 aliphatic carbocycles. The highest BCUT2D eigenvalue weighted by Gasteiger charge is 2.45. The van der Waals surface area contributed by atoms with Crippen molar-refractivity contribution in [2.24, 2.45) is 0 Å². The largest absolute Gasteiger partial charge is 0.317 e. The van der Waals surface area contributed by atoms with E-state index in [1.165, 1.54) is 6.42 Å². The van der Waals surface area contributed by atoms with Crippen LogP contribution in [0.4, 0.5) is 0 Å². The Bertz CT molecular complexity index is 236. The first-order valence-corrected chi connectivity index (χ1v) is 6.05. The molecule has 15 heavy (non-hydrogen) atoms. The lowest BCUT2D eigenvalue weighted by molar-refractivity contribution is -0.121. The van der Waals surface area contributed by atoms with E-state index < -0.39 is 0 Å². The zero-order valence-corrected chi connectivity index (χ0v) is 9.51. The molecule has 2 fully saturated rings. The molecular weight excluding hydrogens is 190 g/mol. The van der Waals surface area contributed by atoms with Crippen LogP contribution in [0.2, 0.25) is 0 Å². The van der Waals surface area contributed by atoms with Crippen molar-refractivity contribution in [3.05, 3.63) is 0 Å². The molecule has 0 atom stereocenters. The molecule has 4 nitrogen and oxygen atoms in total. The molecule has 86 valence electrons. The number of carbonyl (C=O) groups is 1. The van der Waals surface area contributed by atoms with Crippen molar-refractivity contribution in [2.75, 3.05) is 19.6 Å². The Morgan fingerprint density at radius 2 is 2.13 bits per heavy atom. The fourth-order valence-corrected chi connectivity index (χ4v) is 2.65. The van der Waals surface area contributed by atoms with Crippen molar-refractivity contribution in [3.8, 4) is 0 Å². The topological polar surface area (TPSA) is 44.4 Å². The Hall–Kier alpha value is -0.610. The van der Waals surface area contributed by atoms with Crippen LogP contribution in [0.3, 0.4) is 0 Å². The predicted molar refractivity (Wildman–Crippen MR) is 59.2 cm³/mol. The van der Waals surface area contributed by atoms with Gasteiger partial charge in [-0.05, 0) is 32.4 Å². The first-order chi connectivity index (χ1) is 7.27. The third kappa shape index (κ3) is 2.16. The van der Waals surface area contributed by atoms with Gasteiger partial charge in [-0.15, -0.1) is 0 Å². The number of hydrogen-bond donors (Lipinski definition) is 2. The molecule has 1 spiro atoms. The fraction of sp³-hybridized carbons (Fsp3) is 0.909. The van der Waals surface area contributed by atoms with Crippen LogP contribution in [0.15, 0.2) is 0 Å². The van der Waals surface area contributed by atoms with E-state index in [4.69, 9.17) is 0 Å². The van der Waals surface area contributed by atoms with E-state index >= 15 is 0 Å². The summed E-state index contributed by atoms with van der Waals surface area (Å²) in [5, 5.41) is 5.57. The maximum Gasteiger partial charge on any atom is 0.236 e. The SMILES string of the molecule is CCCCN1NC(=O)CC12CCNCC2. The average Bonchev–Trinajstić information content (AvgIpc) is 2.53. The van der Waals surface area contributed by atoms with Gasteiger partial charge in [0.15, 0.2) is 0 Å². The minimum atomic E-state index is 0.123. The summed E-state index contributed by atoms with van der Waals surface area (Å²) >= 11 is 0. The number of hydrogen-bond acceptors (Lipinski definition) is 3. The molecule has 2 N–H and O–H groups in total. The van der Waals surface area contributed by atoms with E-state index in [2.05, 4.69) is 22.7 Å². The van der Waals surface area contributed by atoms with Crippen molar-refractivity contribution in [2.45, 2.75) is 44.6 Å². The van der Waals surface area contributed by atoms with Crippen molar-refractivity contribution >= 4 is 5.91 Å². The van der Waals surface area contributed by atoms with Gasteiger partial charge in [-0.3, -0.25) is 10.2 Å². The summed E-state index contributed by atoms with van der Waals surface area (Å²) in [6.07, 6.45) is 5.22. The van der Waals surface area contributed by atoms with Crippen LogP contribution in [0.5, 0.6) is 0 Å². The lowest BCUT2D eigenvalue weighted by Crippen LogP contribution is -2.53. The summed E-state index contributed by atoms with van der Waals surface area (Å²) in [6, 6.07) is 0. The molecule has 2 aliphatic rings. The Labute approximate surface area is 91.4 Å². The standard InChI is InChI=1S/C11H21N3O/c1-2-3-8-14-11(9-10(15)13-14)4-6-12-7-5-11/h12H,2-9H2,1H3,(H,13,15). The molecule has 0 unspecified atom stereocenters. The van der Waals surface area contributed by atoms with Crippen LogP contribution in [0.25, 0.3) is 0 Å². The summed E-state index contributed by atoms with van der Waals surface area (Å²) in [5.74, 6) is 0.202. The summed E-state index contributed by atoms with van der Waals surface area (Å²) in [4.78, 5) is 11.5. The first-order valence-electron chi connectivity index (χ1n) is 6.05. The summed E-state index contributed by atoms with van der Waals surface area (Å²) in [7, 11) is 0. The number of piperidine rings is 1. The molecule has 0 aromatic carbocycles. The maximum absolute atomic E-state index is 11.5. The fourth-order valence-electron chi connectivity index (χ4n) is 2.65. The van der Waals surface area contributed by atoms with E-state index in [0.29, 0.717) is 6.42 Å². The van der Waals surface area contributed by atoms with Crippen molar-refractivity contribution in [1.29, 1.82) is 0 Å². The molecular formula is C11H21N3O. The summed E-state index contributed by atoms with van der Waals surface area (Å²) in [5.41, 5.74) is 3.14. The third-order valence-electron chi connectivity index (χ3n) is 3.59. The van der Waals surface area contributed by atoms with Crippen LogP contribution < -0.4 is 10.7 Å². The molecule has 2 heterocycles. The monoisotopic (exact) mass is 211 g/mol. The zero-order chi connectivity index (χ0) is 10.7. The van der Waals surface area contributed by atoms with Gasteiger partial charge in [-0.2, -0.15) is 0 Å². The van der Waals surface area contributed by atoms with E-state index in [1.807, 2.05) is 0 Å². The molecule has 4 heteroatoms. The van der Waals surface area contributed by atoms with Crippen LogP contribution in [0.1, 0.15) is 39.0 Å².